The summed E-state index contributed by atoms with van der Waals surface area (Å²) in [5, 5.41) is 18.4. The van der Waals surface area contributed by atoms with Crippen molar-refractivity contribution in [3.63, 3.8) is 0 Å². The summed E-state index contributed by atoms with van der Waals surface area (Å²) in [7, 11) is 0. The zero-order chi connectivity index (χ0) is 15.7. The van der Waals surface area contributed by atoms with Gasteiger partial charge in [-0.25, -0.2) is 4.98 Å². The summed E-state index contributed by atoms with van der Waals surface area (Å²) in [6, 6.07) is 14.9. The minimum Gasteiger partial charge on any atom is -0.391 e. The fourth-order valence-corrected chi connectivity index (χ4v) is 2.33. The van der Waals surface area contributed by atoms with E-state index in [-0.39, 0.29) is 0 Å². The van der Waals surface area contributed by atoms with E-state index in [0.29, 0.717) is 11.4 Å². The highest BCUT2D eigenvalue weighted by Crippen LogP contribution is 2.25. The van der Waals surface area contributed by atoms with Crippen molar-refractivity contribution in [1.82, 2.24) is 9.97 Å². The highest BCUT2D eigenvalue weighted by atomic mass is 16.3. The number of hydrogen-bond donors (Lipinski definition) is 3. The number of aliphatic hydroxyl groups is 1. The van der Waals surface area contributed by atoms with Crippen LogP contribution in [0.4, 0.5) is 0 Å². The number of aromatic amines is 1. The van der Waals surface area contributed by atoms with Crippen molar-refractivity contribution in [2.75, 3.05) is 0 Å². The first-order chi connectivity index (χ1) is 10.6. The predicted octanol–water partition coefficient (Wildman–Crippen LogP) is 2.48. The number of H-pyrrole nitrogens is 1. The average molecular weight is 292 g/mol. The molecule has 0 bridgehead atoms. The molecule has 2 atom stereocenters. The lowest BCUT2D eigenvalue weighted by Gasteiger charge is -2.10. The van der Waals surface area contributed by atoms with Crippen molar-refractivity contribution in [3.8, 4) is 17.2 Å². The van der Waals surface area contributed by atoms with Crippen LogP contribution in [0.2, 0.25) is 0 Å². The molecule has 0 aliphatic carbocycles. The monoisotopic (exact) mass is 292 g/mol. The molecule has 0 aliphatic rings. The van der Waals surface area contributed by atoms with Gasteiger partial charge in [-0.15, -0.1) is 0 Å². The smallest absolute Gasteiger partial charge is 0.126 e. The number of hydrogen-bond acceptors (Lipinski definition) is 4. The maximum absolute atomic E-state index is 9.57. The number of aromatic nitrogens is 2. The standard InChI is InChI=1S/C17H16N4O/c1-10(22)16(19)17-20-14-7-6-13(8-15(14)21-17)12-4-2-11(9-18)3-5-12/h2-8,10,16,22H,19H2,1H3,(H,20,21). The van der Waals surface area contributed by atoms with E-state index in [4.69, 9.17) is 11.0 Å². The third-order valence-corrected chi connectivity index (χ3v) is 3.68. The SMILES string of the molecule is CC(O)C(N)c1nc2cc(-c3ccc(C#N)cc3)ccc2[nH]1. The highest BCUT2D eigenvalue weighted by molar-refractivity contribution is 5.82. The van der Waals surface area contributed by atoms with Crippen LogP contribution in [0.3, 0.4) is 0 Å². The quantitative estimate of drug-likeness (QED) is 0.690. The van der Waals surface area contributed by atoms with E-state index in [1.807, 2.05) is 30.3 Å². The first kappa shape index (κ1) is 14.3. The first-order valence-electron chi connectivity index (χ1n) is 7.02. The molecular weight excluding hydrogens is 276 g/mol. The van der Waals surface area contributed by atoms with Crippen molar-refractivity contribution >= 4 is 11.0 Å². The molecular formula is C17H16N4O. The number of benzene rings is 2. The van der Waals surface area contributed by atoms with E-state index >= 15 is 0 Å². The number of nitrogens with one attached hydrogen (secondary N) is 1. The van der Waals surface area contributed by atoms with Crippen LogP contribution in [-0.2, 0) is 0 Å². The summed E-state index contributed by atoms with van der Waals surface area (Å²) in [5.41, 5.74) is 10.3. The summed E-state index contributed by atoms with van der Waals surface area (Å²) < 4.78 is 0. The van der Waals surface area contributed by atoms with Crippen LogP contribution in [0.1, 0.15) is 24.4 Å². The van der Waals surface area contributed by atoms with E-state index in [1.54, 1.807) is 19.1 Å². The number of nitrogens with two attached hydrogens (primary N) is 1. The fraction of sp³-hybridized carbons (Fsp3) is 0.176. The summed E-state index contributed by atoms with van der Waals surface area (Å²) in [5.74, 6) is 0.571. The molecule has 0 amide bonds. The molecule has 110 valence electrons. The molecule has 0 saturated carbocycles. The Balaban J connectivity index is 2.00. The Labute approximate surface area is 128 Å². The normalized spacial score (nSPS) is 13.7. The number of rotatable bonds is 3. The van der Waals surface area contributed by atoms with Crippen LogP contribution in [0.5, 0.6) is 0 Å². The van der Waals surface area contributed by atoms with Crippen molar-refractivity contribution < 1.29 is 5.11 Å². The van der Waals surface area contributed by atoms with Gasteiger partial charge in [0.25, 0.3) is 0 Å². The minimum atomic E-state index is -0.668. The zero-order valence-corrected chi connectivity index (χ0v) is 12.1. The molecule has 0 fully saturated rings. The Morgan fingerprint density at radius 3 is 2.50 bits per heavy atom. The van der Waals surface area contributed by atoms with Gasteiger partial charge < -0.3 is 15.8 Å². The summed E-state index contributed by atoms with van der Waals surface area (Å²) in [4.78, 5) is 7.60. The van der Waals surface area contributed by atoms with Gasteiger partial charge in [0.15, 0.2) is 0 Å². The Hall–Kier alpha value is -2.68. The lowest BCUT2D eigenvalue weighted by Crippen LogP contribution is -2.24. The van der Waals surface area contributed by atoms with Gasteiger partial charge in [0.1, 0.15) is 5.82 Å². The van der Waals surface area contributed by atoms with Crippen LogP contribution >= 0.6 is 0 Å². The molecule has 2 unspecified atom stereocenters. The second-order valence-corrected chi connectivity index (χ2v) is 5.31. The molecule has 5 heteroatoms. The number of fused-ring (bicyclic) bond motifs is 1. The van der Waals surface area contributed by atoms with Gasteiger partial charge >= 0.3 is 0 Å². The maximum atomic E-state index is 9.57. The molecule has 0 saturated heterocycles. The minimum absolute atomic E-state index is 0.536. The molecule has 0 spiro atoms. The van der Waals surface area contributed by atoms with E-state index in [0.717, 1.165) is 22.2 Å². The van der Waals surface area contributed by atoms with Gasteiger partial charge in [0, 0.05) is 0 Å². The number of nitriles is 1. The van der Waals surface area contributed by atoms with Crippen molar-refractivity contribution in [3.05, 3.63) is 53.9 Å². The molecule has 1 aromatic heterocycles. The predicted molar refractivity (Wildman–Crippen MR) is 84.9 cm³/mol. The van der Waals surface area contributed by atoms with Crippen LogP contribution in [0.25, 0.3) is 22.2 Å². The molecule has 3 aromatic rings. The third kappa shape index (κ3) is 2.58. The summed E-state index contributed by atoms with van der Waals surface area (Å²) in [6.45, 7) is 1.64. The Morgan fingerprint density at radius 2 is 1.86 bits per heavy atom. The maximum Gasteiger partial charge on any atom is 0.126 e. The summed E-state index contributed by atoms with van der Waals surface area (Å²) >= 11 is 0. The third-order valence-electron chi connectivity index (χ3n) is 3.68. The van der Waals surface area contributed by atoms with Gasteiger partial charge in [-0.3, -0.25) is 0 Å². The Morgan fingerprint density at radius 1 is 1.18 bits per heavy atom. The van der Waals surface area contributed by atoms with Gasteiger partial charge in [-0.2, -0.15) is 5.26 Å². The largest absolute Gasteiger partial charge is 0.391 e. The molecule has 1 heterocycles. The molecule has 0 radical (unpaired) electrons. The average Bonchev–Trinajstić information content (AvgIpc) is 2.97. The van der Waals surface area contributed by atoms with Crippen molar-refractivity contribution in [2.45, 2.75) is 19.1 Å². The molecule has 4 N–H and O–H groups in total. The van der Waals surface area contributed by atoms with Crippen LogP contribution in [-0.4, -0.2) is 21.2 Å². The van der Waals surface area contributed by atoms with Crippen molar-refractivity contribution in [1.29, 1.82) is 5.26 Å². The molecule has 2 aromatic carbocycles. The van der Waals surface area contributed by atoms with E-state index in [1.165, 1.54) is 0 Å². The van der Waals surface area contributed by atoms with Gasteiger partial charge in [0.05, 0.1) is 34.8 Å². The number of nitrogens with zero attached hydrogens (tertiary/aromatic N) is 2. The van der Waals surface area contributed by atoms with Crippen LogP contribution in [0.15, 0.2) is 42.5 Å². The van der Waals surface area contributed by atoms with Crippen LogP contribution in [0, 0.1) is 11.3 Å². The first-order valence-corrected chi connectivity index (χ1v) is 7.02. The molecule has 0 aliphatic heterocycles. The molecule has 5 nitrogen and oxygen atoms in total. The Bertz CT molecular complexity index is 843. The van der Waals surface area contributed by atoms with Gasteiger partial charge in [-0.1, -0.05) is 18.2 Å². The molecule has 22 heavy (non-hydrogen) atoms. The topological polar surface area (TPSA) is 98.7 Å². The van der Waals surface area contributed by atoms with E-state index in [2.05, 4.69) is 16.0 Å². The van der Waals surface area contributed by atoms with Gasteiger partial charge in [0.2, 0.25) is 0 Å². The summed E-state index contributed by atoms with van der Waals surface area (Å²) in [6.07, 6.45) is -0.668. The van der Waals surface area contributed by atoms with E-state index in [9.17, 15) is 5.11 Å². The highest BCUT2D eigenvalue weighted by Gasteiger charge is 2.16. The molecule has 3 rings (SSSR count). The van der Waals surface area contributed by atoms with Crippen LogP contribution < -0.4 is 5.73 Å². The second kappa shape index (κ2) is 5.60. The van der Waals surface area contributed by atoms with E-state index < -0.39 is 12.1 Å². The van der Waals surface area contributed by atoms with Gasteiger partial charge in [-0.05, 0) is 42.3 Å². The lowest BCUT2D eigenvalue weighted by molar-refractivity contribution is 0.161. The second-order valence-electron chi connectivity index (χ2n) is 5.31. The number of aliphatic hydroxyl groups excluding tert-OH is 1. The lowest BCUT2D eigenvalue weighted by atomic mass is 10.0. The number of imidazole rings is 1. The van der Waals surface area contributed by atoms with Crippen molar-refractivity contribution in [2.24, 2.45) is 5.73 Å². The zero-order valence-electron chi connectivity index (χ0n) is 12.1. The fourth-order valence-electron chi connectivity index (χ4n) is 2.33. The Kier molecular flexibility index (Phi) is 3.63.